The summed E-state index contributed by atoms with van der Waals surface area (Å²) in [6, 6.07) is 14.5. The lowest BCUT2D eigenvalue weighted by Gasteiger charge is -2.12. The zero-order valence-corrected chi connectivity index (χ0v) is 18.5. The van der Waals surface area contributed by atoms with Gasteiger partial charge in [0.2, 0.25) is 0 Å². The fourth-order valence-electron chi connectivity index (χ4n) is 2.78. The number of hydrogen-bond acceptors (Lipinski definition) is 4. The molecule has 1 atom stereocenters. The molecule has 0 aromatic heterocycles. The second-order valence-electron chi connectivity index (χ2n) is 7.14. The summed E-state index contributed by atoms with van der Waals surface area (Å²) >= 11 is 5.92. The second-order valence-corrected chi connectivity index (χ2v) is 7.57. The van der Waals surface area contributed by atoms with Gasteiger partial charge in [-0.05, 0) is 61.4 Å². The van der Waals surface area contributed by atoms with Gasteiger partial charge in [0.05, 0.1) is 12.8 Å². The molecule has 0 bridgehead atoms. The molecular weight excluding hydrogens is 400 g/mol. The van der Waals surface area contributed by atoms with Gasteiger partial charge in [0.1, 0.15) is 11.5 Å². The van der Waals surface area contributed by atoms with E-state index in [9.17, 15) is 4.79 Å². The highest BCUT2D eigenvalue weighted by molar-refractivity contribution is 6.30. The molecule has 0 saturated heterocycles. The first-order valence-electron chi connectivity index (χ1n) is 10.6. The summed E-state index contributed by atoms with van der Waals surface area (Å²) in [6.45, 7) is 4.62. The van der Waals surface area contributed by atoms with Crippen LogP contribution >= 0.6 is 11.6 Å². The number of hydrazone groups is 1. The number of carbonyl (C=O) groups excluding carboxylic acids is 1. The Bertz CT molecular complexity index is 793. The van der Waals surface area contributed by atoms with Gasteiger partial charge >= 0.3 is 0 Å². The Kier molecular flexibility index (Phi) is 10.8. The highest BCUT2D eigenvalue weighted by atomic mass is 35.5. The van der Waals surface area contributed by atoms with E-state index in [0.29, 0.717) is 10.8 Å². The third-order valence-electron chi connectivity index (χ3n) is 4.51. The van der Waals surface area contributed by atoms with Crippen molar-refractivity contribution in [3.8, 4) is 11.5 Å². The lowest BCUT2D eigenvalue weighted by atomic mass is 10.1. The summed E-state index contributed by atoms with van der Waals surface area (Å²) in [7, 11) is 0. The Morgan fingerprint density at radius 3 is 2.53 bits per heavy atom. The van der Waals surface area contributed by atoms with Crippen LogP contribution in [0.1, 0.15) is 57.9 Å². The lowest BCUT2D eigenvalue weighted by Crippen LogP contribution is -2.33. The predicted molar refractivity (Wildman–Crippen MR) is 123 cm³/mol. The van der Waals surface area contributed by atoms with Gasteiger partial charge < -0.3 is 9.47 Å². The maximum atomic E-state index is 12.1. The number of carbonyl (C=O) groups is 1. The second kappa shape index (κ2) is 13.6. The van der Waals surface area contributed by atoms with Crippen LogP contribution in [0.4, 0.5) is 0 Å². The van der Waals surface area contributed by atoms with Gasteiger partial charge in [0, 0.05) is 5.02 Å². The maximum absolute atomic E-state index is 12.1. The molecule has 1 amide bonds. The monoisotopic (exact) mass is 430 g/mol. The quantitative estimate of drug-likeness (QED) is 0.241. The standard InChI is InChI=1S/C24H31ClN2O3/c1-3-4-5-6-7-8-16-29-22-14-12-20(13-15-22)18-26-27-24(28)19(2)30-23-11-9-10-21(25)17-23/h9-15,17-19H,3-8,16H2,1-2H3,(H,27,28). The summed E-state index contributed by atoms with van der Waals surface area (Å²) in [6.07, 6.45) is 8.36. The van der Waals surface area contributed by atoms with Gasteiger partial charge in [-0.3, -0.25) is 4.79 Å². The Balaban J connectivity index is 1.68. The molecule has 0 aliphatic heterocycles. The first-order valence-corrected chi connectivity index (χ1v) is 10.9. The number of rotatable bonds is 13. The minimum Gasteiger partial charge on any atom is -0.494 e. The van der Waals surface area contributed by atoms with Crippen LogP contribution in [0, 0.1) is 0 Å². The van der Waals surface area contributed by atoms with Gasteiger partial charge in [-0.1, -0.05) is 56.7 Å². The highest BCUT2D eigenvalue weighted by Crippen LogP contribution is 2.18. The van der Waals surface area contributed by atoms with E-state index in [-0.39, 0.29) is 5.91 Å². The molecule has 0 aliphatic carbocycles. The van der Waals surface area contributed by atoms with Crippen molar-refractivity contribution in [1.82, 2.24) is 5.43 Å². The van der Waals surface area contributed by atoms with Crippen molar-refractivity contribution in [1.29, 1.82) is 0 Å². The average molecular weight is 431 g/mol. The van der Waals surface area contributed by atoms with Crippen LogP contribution in [0.2, 0.25) is 5.02 Å². The summed E-state index contributed by atoms with van der Waals surface area (Å²) in [4.78, 5) is 12.1. The van der Waals surface area contributed by atoms with Crippen molar-refractivity contribution >= 4 is 23.7 Å². The summed E-state index contributed by atoms with van der Waals surface area (Å²) in [5, 5.41) is 4.54. The Morgan fingerprint density at radius 1 is 1.07 bits per heavy atom. The summed E-state index contributed by atoms with van der Waals surface area (Å²) < 4.78 is 11.3. The zero-order valence-electron chi connectivity index (χ0n) is 17.8. The SMILES string of the molecule is CCCCCCCCOc1ccc(C=NNC(=O)C(C)Oc2cccc(Cl)c2)cc1. The highest BCUT2D eigenvalue weighted by Gasteiger charge is 2.13. The molecule has 30 heavy (non-hydrogen) atoms. The topological polar surface area (TPSA) is 59.9 Å². The van der Waals surface area contributed by atoms with Gasteiger partial charge in [-0.15, -0.1) is 0 Å². The van der Waals surface area contributed by atoms with E-state index in [0.717, 1.165) is 24.3 Å². The summed E-state index contributed by atoms with van der Waals surface area (Å²) in [5.74, 6) is 1.03. The summed E-state index contributed by atoms with van der Waals surface area (Å²) in [5.41, 5.74) is 3.35. The third-order valence-corrected chi connectivity index (χ3v) is 4.75. The third kappa shape index (κ3) is 9.31. The van der Waals surface area contributed by atoms with Crippen LogP contribution in [0.25, 0.3) is 0 Å². The van der Waals surface area contributed by atoms with Gasteiger partial charge in [-0.2, -0.15) is 5.10 Å². The Labute approximate surface area is 184 Å². The number of benzene rings is 2. The van der Waals surface area contributed by atoms with Crippen LogP contribution in [0.5, 0.6) is 11.5 Å². The molecule has 6 heteroatoms. The van der Waals surface area contributed by atoms with Crippen LogP contribution in [-0.4, -0.2) is 24.8 Å². The van der Waals surface area contributed by atoms with Crippen molar-refractivity contribution in [3.05, 3.63) is 59.1 Å². The molecule has 162 valence electrons. The zero-order chi connectivity index (χ0) is 21.6. The molecule has 0 aliphatic rings. The van der Waals surface area contributed by atoms with Crippen molar-refractivity contribution in [2.45, 2.75) is 58.5 Å². The molecule has 1 unspecified atom stereocenters. The van der Waals surface area contributed by atoms with Gasteiger partial charge in [0.15, 0.2) is 6.10 Å². The largest absolute Gasteiger partial charge is 0.494 e. The lowest BCUT2D eigenvalue weighted by molar-refractivity contribution is -0.127. The fraction of sp³-hybridized carbons (Fsp3) is 0.417. The molecule has 0 radical (unpaired) electrons. The molecule has 2 aromatic rings. The van der Waals surface area contributed by atoms with E-state index in [1.54, 1.807) is 37.4 Å². The van der Waals surface area contributed by atoms with Gasteiger partial charge in [0.25, 0.3) is 5.91 Å². The molecule has 0 heterocycles. The number of nitrogens with zero attached hydrogens (tertiary/aromatic N) is 1. The molecule has 0 saturated carbocycles. The molecule has 2 rings (SSSR count). The normalized spacial score (nSPS) is 12.0. The minimum absolute atomic E-state index is 0.342. The minimum atomic E-state index is -0.696. The number of halogens is 1. The Hall–Kier alpha value is -2.53. The van der Waals surface area contributed by atoms with Crippen LogP contribution < -0.4 is 14.9 Å². The molecule has 0 spiro atoms. The molecule has 5 nitrogen and oxygen atoms in total. The molecular formula is C24H31ClN2O3. The van der Waals surface area contributed by atoms with E-state index in [1.165, 1.54) is 32.1 Å². The molecule has 0 fully saturated rings. The fourth-order valence-corrected chi connectivity index (χ4v) is 2.96. The number of ether oxygens (including phenoxy) is 2. The van der Waals surface area contributed by atoms with Crippen molar-refractivity contribution in [2.75, 3.05) is 6.61 Å². The first kappa shape index (κ1) is 23.7. The van der Waals surface area contributed by atoms with Crippen molar-refractivity contribution in [2.24, 2.45) is 5.10 Å². The van der Waals surface area contributed by atoms with E-state index in [2.05, 4.69) is 17.5 Å². The van der Waals surface area contributed by atoms with Crippen molar-refractivity contribution < 1.29 is 14.3 Å². The number of hydrogen-bond donors (Lipinski definition) is 1. The van der Waals surface area contributed by atoms with Gasteiger partial charge in [-0.25, -0.2) is 5.43 Å². The van der Waals surface area contributed by atoms with Crippen LogP contribution in [-0.2, 0) is 4.79 Å². The number of amides is 1. The molecule has 1 N–H and O–H groups in total. The van der Waals surface area contributed by atoms with Crippen LogP contribution in [0.3, 0.4) is 0 Å². The average Bonchev–Trinajstić information content (AvgIpc) is 2.74. The number of unbranched alkanes of at least 4 members (excludes halogenated alkanes) is 5. The Morgan fingerprint density at radius 2 is 1.80 bits per heavy atom. The van der Waals surface area contributed by atoms with E-state index in [4.69, 9.17) is 21.1 Å². The van der Waals surface area contributed by atoms with E-state index < -0.39 is 6.10 Å². The first-order chi connectivity index (χ1) is 14.6. The van der Waals surface area contributed by atoms with Crippen molar-refractivity contribution in [3.63, 3.8) is 0 Å². The number of nitrogens with one attached hydrogen (secondary N) is 1. The van der Waals surface area contributed by atoms with E-state index in [1.807, 2.05) is 24.3 Å². The van der Waals surface area contributed by atoms with E-state index >= 15 is 0 Å². The maximum Gasteiger partial charge on any atom is 0.280 e. The van der Waals surface area contributed by atoms with Crippen LogP contribution in [0.15, 0.2) is 53.6 Å². The molecule has 2 aromatic carbocycles. The predicted octanol–water partition coefficient (Wildman–Crippen LogP) is 6.00. The smallest absolute Gasteiger partial charge is 0.280 e.